The van der Waals surface area contributed by atoms with Crippen molar-refractivity contribution in [3.05, 3.63) is 205 Å². The van der Waals surface area contributed by atoms with Gasteiger partial charge in [0.15, 0.2) is 0 Å². The van der Waals surface area contributed by atoms with E-state index in [-0.39, 0.29) is 128 Å². The number of ether oxygens (including phenoxy) is 2. The number of anilines is 2. The zero-order valence-electron chi connectivity index (χ0n) is 42.9. The molecule has 17 nitrogen and oxygen atoms in total. The molecule has 0 fully saturated rings. The number of hydrogen-bond donors (Lipinski definition) is 6. The minimum absolute atomic E-state index is 0. The molecule has 0 radical (unpaired) electrons. The molecule has 3 amide bonds. The Bertz CT molecular complexity index is 2940. The number of benzene rings is 6. The number of H-pyrrole nitrogens is 2. The second-order valence-electron chi connectivity index (χ2n) is 15.7. The molecule has 8 rings (SSSR count). The minimum atomic E-state index is -0.715. The largest absolute Gasteiger partial charge is 1.00 e. The standard InChI is InChI=1S/C27H26N4O3.C20H22N4O2.C7H5ClO.CH2O3.2K.H/c1-34-25-16-22(13-14-23(25)21-17-28-29-18-21)30-27(33)24(15-12-19-8-4-2-5-9-19)31-26(32)20-10-6-3-7-11-20;1-26-19-11-16(8-9-17(19)15-12-22-23-13-15)24-20(25)18(21)10-7-14-5-3-2-4-6-14;8-7(9)6-4-2-1-3-5-6;2-1-4-3;;;/h2-11,13-14,16-18,24H,12,15H2,1H3,(H,28,29)(H,30,33)(H,31,32);2-6,8-9,11-13,18H,7,10,21H2,1H3,(H,22,23)(H,24,25);1-5H;1,3H;;;/q;;;;2*+1;-1/p-1/t24-;18-;;;;;/m11...../s1. The zero-order valence-corrected chi connectivity index (χ0v) is 48.9. The van der Waals surface area contributed by atoms with Gasteiger partial charge in [-0.3, -0.25) is 34.2 Å². The van der Waals surface area contributed by atoms with Crippen LogP contribution in [-0.4, -0.2) is 76.1 Å². The van der Waals surface area contributed by atoms with Crippen molar-refractivity contribution in [3.8, 4) is 33.8 Å². The Labute approximate surface area is 526 Å². The van der Waals surface area contributed by atoms with Gasteiger partial charge >= 0.3 is 103 Å². The van der Waals surface area contributed by atoms with Gasteiger partial charge in [-0.25, -0.2) is 0 Å². The number of aromatic amines is 2. The molecule has 2 heterocycles. The minimum Gasteiger partial charge on any atom is -1.00 e. The predicted octanol–water partition coefficient (Wildman–Crippen LogP) is 2.06. The fourth-order valence-electron chi connectivity index (χ4n) is 7.00. The Hall–Kier alpha value is -5.63. The van der Waals surface area contributed by atoms with Crippen molar-refractivity contribution in [2.24, 2.45) is 5.73 Å². The van der Waals surface area contributed by atoms with Crippen LogP contribution in [0.2, 0.25) is 0 Å². The molecule has 75 heavy (non-hydrogen) atoms. The number of carbonyl (C=O) groups is 5. The third kappa shape index (κ3) is 21.9. The van der Waals surface area contributed by atoms with Crippen LogP contribution >= 0.6 is 11.6 Å². The zero-order chi connectivity index (χ0) is 52.2. The molecular weight excluding hydrogens is 1030 g/mol. The van der Waals surface area contributed by atoms with E-state index in [1.165, 1.54) is 5.56 Å². The molecule has 0 saturated heterocycles. The van der Waals surface area contributed by atoms with Gasteiger partial charge < -0.3 is 42.7 Å². The van der Waals surface area contributed by atoms with Crippen LogP contribution < -0.4 is 139 Å². The Balaban J connectivity index is 0.000000415. The summed E-state index contributed by atoms with van der Waals surface area (Å²) in [6.07, 6.45) is 9.43. The number of carbonyl (C=O) groups excluding carboxylic acids is 5. The van der Waals surface area contributed by atoms with E-state index in [1.807, 2.05) is 91.0 Å². The Morgan fingerprint density at radius 2 is 1.05 bits per heavy atom. The van der Waals surface area contributed by atoms with E-state index >= 15 is 0 Å². The topological polar surface area (TPSA) is 256 Å². The number of rotatable bonds is 18. The molecule has 0 aliphatic heterocycles. The van der Waals surface area contributed by atoms with Crippen molar-refractivity contribution in [1.82, 2.24) is 25.7 Å². The van der Waals surface area contributed by atoms with Crippen molar-refractivity contribution in [2.75, 3.05) is 24.9 Å². The Kier molecular flexibility index (Phi) is 30.2. The number of amides is 3. The monoisotopic (exact) mass is 1080 g/mol. The normalized spacial score (nSPS) is 10.6. The van der Waals surface area contributed by atoms with E-state index in [0.29, 0.717) is 53.3 Å². The summed E-state index contributed by atoms with van der Waals surface area (Å²) in [5, 5.41) is 30.2. The van der Waals surface area contributed by atoms with E-state index in [1.54, 1.807) is 106 Å². The van der Waals surface area contributed by atoms with Crippen LogP contribution in [-0.2, 0) is 32.1 Å². The van der Waals surface area contributed by atoms with Crippen LogP contribution in [0.4, 0.5) is 11.4 Å². The van der Waals surface area contributed by atoms with Gasteiger partial charge in [0.05, 0.1) is 32.7 Å². The first kappa shape index (κ1) is 63.7. The van der Waals surface area contributed by atoms with Gasteiger partial charge in [-0.2, -0.15) is 10.2 Å². The van der Waals surface area contributed by atoms with Crippen LogP contribution in [0.25, 0.3) is 22.3 Å². The molecule has 20 heteroatoms. The first-order valence-corrected chi connectivity index (χ1v) is 23.0. The molecule has 0 saturated carbocycles. The van der Waals surface area contributed by atoms with Crippen molar-refractivity contribution in [1.29, 1.82) is 0 Å². The van der Waals surface area contributed by atoms with Crippen molar-refractivity contribution in [2.45, 2.75) is 37.8 Å². The fourth-order valence-corrected chi connectivity index (χ4v) is 7.12. The first-order valence-electron chi connectivity index (χ1n) is 22.7. The summed E-state index contributed by atoms with van der Waals surface area (Å²) in [4.78, 5) is 60.0. The fraction of sp³-hybridized carbons (Fsp3) is 0.145. The molecular formula is C55H55ClK2N8O9. The summed E-state index contributed by atoms with van der Waals surface area (Å²) in [5.74, 6) is 0.467. The summed E-state index contributed by atoms with van der Waals surface area (Å²) < 4.78 is 10.9. The molecule has 0 bridgehead atoms. The molecule has 378 valence electrons. The number of nitrogens with zero attached hydrogens (tertiary/aromatic N) is 2. The molecule has 2 atom stereocenters. The number of hydrogen-bond acceptors (Lipinski definition) is 12. The Morgan fingerprint density at radius 3 is 1.44 bits per heavy atom. The predicted molar refractivity (Wildman–Crippen MR) is 278 cm³/mol. The molecule has 0 aliphatic carbocycles. The second kappa shape index (κ2) is 35.6. The molecule has 2 aromatic heterocycles. The maximum absolute atomic E-state index is 13.2. The van der Waals surface area contributed by atoms with E-state index in [9.17, 15) is 19.2 Å². The van der Waals surface area contributed by atoms with Gasteiger partial charge in [0.2, 0.25) is 11.8 Å². The maximum Gasteiger partial charge on any atom is 1.00 e. The summed E-state index contributed by atoms with van der Waals surface area (Å²) in [6, 6.07) is 47.1. The molecule has 0 unspecified atom stereocenters. The van der Waals surface area contributed by atoms with Gasteiger partial charge in [0.25, 0.3) is 17.6 Å². The van der Waals surface area contributed by atoms with E-state index in [2.05, 4.69) is 41.2 Å². The average Bonchev–Trinajstić information content (AvgIpc) is 4.19. The van der Waals surface area contributed by atoms with Crippen molar-refractivity contribution in [3.63, 3.8) is 0 Å². The number of halogens is 1. The summed E-state index contributed by atoms with van der Waals surface area (Å²) in [7, 11) is 3.17. The van der Waals surface area contributed by atoms with Crippen LogP contribution in [0.15, 0.2) is 183 Å². The van der Waals surface area contributed by atoms with Gasteiger partial charge in [-0.1, -0.05) is 109 Å². The first-order chi connectivity index (χ1) is 35.5. The van der Waals surface area contributed by atoms with Gasteiger partial charge in [-0.15, -0.1) is 0 Å². The SMILES string of the molecule is COc1cc(NC(=O)[C@@H](CCc2ccccc2)NC(=O)c2ccccc2)ccc1-c1cn[nH]c1.COc1cc(NC(=O)[C@H](N)CCc2ccccc2)ccc1-c1cn[nH]c1.O=C(Cl)c1ccccc1.O=CO[O-].[H-].[K+].[K+]. The number of aromatic nitrogens is 4. The molecule has 6 aromatic carbocycles. The van der Waals surface area contributed by atoms with Crippen LogP contribution in [0, 0.1) is 0 Å². The van der Waals surface area contributed by atoms with Crippen LogP contribution in [0.5, 0.6) is 11.5 Å². The third-order valence-electron chi connectivity index (χ3n) is 10.7. The smallest absolute Gasteiger partial charge is 1.00 e. The average molecular weight is 1090 g/mol. The number of methoxy groups -OCH3 is 2. The number of nitrogens with two attached hydrogens (primary N) is 1. The van der Waals surface area contributed by atoms with E-state index in [4.69, 9.17) is 36.9 Å². The van der Waals surface area contributed by atoms with Gasteiger partial charge in [0.1, 0.15) is 17.5 Å². The molecule has 0 aliphatic rings. The van der Waals surface area contributed by atoms with Crippen molar-refractivity contribution >= 4 is 52.4 Å². The summed E-state index contributed by atoms with van der Waals surface area (Å²) >= 11 is 5.16. The van der Waals surface area contributed by atoms with Gasteiger partial charge in [0, 0.05) is 69.3 Å². The van der Waals surface area contributed by atoms with Crippen LogP contribution in [0.1, 0.15) is 46.1 Å². The molecule has 8 aromatic rings. The maximum atomic E-state index is 13.2. The second-order valence-corrected chi connectivity index (χ2v) is 16.0. The van der Waals surface area contributed by atoms with E-state index < -0.39 is 17.3 Å². The quantitative estimate of drug-likeness (QED) is 0.0238. The van der Waals surface area contributed by atoms with E-state index in [0.717, 1.165) is 34.2 Å². The van der Waals surface area contributed by atoms with Crippen molar-refractivity contribution < 1.29 is 148 Å². The number of aryl methyl sites for hydroxylation is 2. The molecule has 7 N–H and O–H groups in total. The molecule has 0 spiro atoms. The summed E-state index contributed by atoms with van der Waals surface area (Å²) in [6.45, 7) is -0.181. The Morgan fingerprint density at radius 1 is 0.640 bits per heavy atom. The number of nitrogens with one attached hydrogen (secondary N) is 5. The van der Waals surface area contributed by atoms with Crippen LogP contribution in [0.3, 0.4) is 0 Å². The summed E-state index contributed by atoms with van der Waals surface area (Å²) in [5.41, 5.74) is 14.1. The van der Waals surface area contributed by atoms with Gasteiger partial charge in [-0.05, 0) is 84.8 Å². The third-order valence-corrected chi connectivity index (χ3v) is 11.0.